The summed E-state index contributed by atoms with van der Waals surface area (Å²) < 4.78 is 16.2. The maximum Gasteiger partial charge on any atom is 0.287 e. The summed E-state index contributed by atoms with van der Waals surface area (Å²) in [6.45, 7) is 4.97. The Bertz CT molecular complexity index is 601. The third-order valence-electron chi connectivity index (χ3n) is 3.00. The fourth-order valence-corrected chi connectivity index (χ4v) is 1.79. The Morgan fingerprint density at radius 2 is 1.82 bits per heavy atom. The van der Waals surface area contributed by atoms with Crippen molar-refractivity contribution in [1.29, 1.82) is 0 Å². The van der Waals surface area contributed by atoms with Crippen LogP contribution in [0.3, 0.4) is 0 Å². The zero-order chi connectivity index (χ0) is 15.9. The Labute approximate surface area is 130 Å². The molecule has 0 atom stereocenters. The molecule has 0 fully saturated rings. The van der Waals surface area contributed by atoms with Crippen molar-refractivity contribution in [2.24, 2.45) is 5.92 Å². The number of nitrogens with one attached hydrogen (secondary N) is 1. The first kappa shape index (κ1) is 15.9. The fourth-order valence-electron chi connectivity index (χ4n) is 1.79. The number of carbonyl (C=O) groups is 1. The molecule has 5 nitrogen and oxygen atoms in total. The number of ether oxygens (including phenoxy) is 2. The maximum atomic E-state index is 11.8. The lowest BCUT2D eigenvalue weighted by Gasteiger charge is -2.06. The molecule has 0 radical (unpaired) electrons. The first-order valence-corrected chi connectivity index (χ1v) is 7.22. The summed E-state index contributed by atoms with van der Waals surface area (Å²) in [5.41, 5.74) is 0. The van der Waals surface area contributed by atoms with Crippen molar-refractivity contribution < 1.29 is 18.7 Å². The average Bonchev–Trinajstić information content (AvgIpc) is 3.00. The summed E-state index contributed by atoms with van der Waals surface area (Å²) in [4.78, 5) is 11.8. The third-order valence-corrected chi connectivity index (χ3v) is 3.00. The lowest BCUT2D eigenvalue weighted by molar-refractivity contribution is 0.0917. The van der Waals surface area contributed by atoms with Crippen molar-refractivity contribution in [2.75, 3.05) is 13.7 Å². The minimum Gasteiger partial charge on any atom is -0.497 e. The summed E-state index contributed by atoms with van der Waals surface area (Å²) in [6.07, 6.45) is 0. The van der Waals surface area contributed by atoms with E-state index in [4.69, 9.17) is 13.9 Å². The van der Waals surface area contributed by atoms with E-state index in [0.717, 1.165) is 5.75 Å². The van der Waals surface area contributed by atoms with Crippen LogP contribution in [0.1, 0.15) is 30.2 Å². The van der Waals surface area contributed by atoms with Gasteiger partial charge in [-0.25, -0.2) is 0 Å². The van der Waals surface area contributed by atoms with E-state index in [0.29, 0.717) is 29.7 Å². The van der Waals surface area contributed by atoms with Crippen molar-refractivity contribution >= 4 is 5.91 Å². The van der Waals surface area contributed by atoms with E-state index in [9.17, 15) is 4.79 Å². The Kier molecular flexibility index (Phi) is 5.47. The number of amides is 1. The first-order valence-electron chi connectivity index (χ1n) is 7.22. The van der Waals surface area contributed by atoms with Gasteiger partial charge < -0.3 is 19.2 Å². The molecule has 1 N–H and O–H groups in total. The van der Waals surface area contributed by atoms with E-state index in [-0.39, 0.29) is 12.5 Å². The van der Waals surface area contributed by atoms with E-state index in [2.05, 4.69) is 5.32 Å². The number of rotatable bonds is 7. The van der Waals surface area contributed by atoms with Gasteiger partial charge in [0.2, 0.25) is 0 Å². The molecule has 0 bridgehead atoms. The summed E-state index contributed by atoms with van der Waals surface area (Å²) in [5, 5.41) is 2.81. The number of hydrogen-bond donors (Lipinski definition) is 1. The molecule has 1 amide bonds. The van der Waals surface area contributed by atoms with Crippen molar-refractivity contribution in [3.63, 3.8) is 0 Å². The van der Waals surface area contributed by atoms with Gasteiger partial charge in [-0.15, -0.1) is 0 Å². The molecule has 1 aromatic carbocycles. The van der Waals surface area contributed by atoms with Gasteiger partial charge >= 0.3 is 0 Å². The molecule has 0 saturated heterocycles. The van der Waals surface area contributed by atoms with Crippen LogP contribution in [-0.4, -0.2) is 19.6 Å². The van der Waals surface area contributed by atoms with Gasteiger partial charge in [-0.1, -0.05) is 13.8 Å². The van der Waals surface area contributed by atoms with E-state index in [1.165, 1.54) is 0 Å². The minimum atomic E-state index is -0.204. The fraction of sp³-hybridized carbons (Fsp3) is 0.353. The summed E-state index contributed by atoms with van der Waals surface area (Å²) in [6, 6.07) is 10.7. The molecule has 2 rings (SSSR count). The smallest absolute Gasteiger partial charge is 0.287 e. The highest BCUT2D eigenvalue weighted by atomic mass is 16.5. The standard InChI is InChI=1S/C17H21NO4/c1-12(2)10-18-17(19)16-9-8-15(22-16)11-21-14-6-4-13(20-3)5-7-14/h4-9,12H,10-11H2,1-3H3,(H,18,19). The molecule has 1 heterocycles. The maximum absolute atomic E-state index is 11.8. The molecule has 0 unspecified atom stereocenters. The summed E-state index contributed by atoms with van der Waals surface area (Å²) >= 11 is 0. The first-order chi connectivity index (χ1) is 10.6. The minimum absolute atomic E-state index is 0.204. The van der Waals surface area contributed by atoms with Crippen LogP contribution in [0.2, 0.25) is 0 Å². The highest BCUT2D eigenvalue weighted by Gasteiger charge is 2.11. The average molecular weight is 303 g/mol. The summed E-state index contributed by atoms with van der Waals surface area (Å²) in [5.74, 6) is 2.58. The predicted octanol–water partition coefficient (Wildman–Crippen LogP) is 3.25. The molecule has 0 aliphatic rings. The molecule has 5 heteroatoms. The van der Waals surface area contributed by atoms with Crippen molar-refractivity contribution in [2.45, 2.75) is 20.5 Å². The molecule has 0 aliphatic heterocycles. The predicted molar refractivity (Wildman–Crippen MR) is 83.2 cm³/mol. The number of furan rings is 1. The van der Waals surface area contributed by atoms with Crippen LogP contribution in [0.4, 0.5) is 0 Å². The zero-order valence-electron chi connectivity index (χ0n) is 13.1. The number of carbonyl (C=O) groups excluding carboxylic acids is 1. The molecule has 118 valence electrons. The largest absolute Gasteiger partial charge is 0.497 e. The molecule has 0 spiro atoms. The Hall–Kier alpha value is -2.43. The van der Waals surface area contributed by atoms with Gasteiger partial charge in [0, 0.05) is 6.54 Å². The molecule has 0 aliphatic carbocycles. The van der Waals surface area contributed by atoms with Gasteiger partial charge in [-0.3, -0.25) is 4.79 Å². The van der Waals surface area contributed by atoms with Crippen molar-refractivity contribution in [3.05, 3.63) is 47.9 Å². The molecule has 0 saturated carbocycles. The monoisotopic (exact) mass is 303 g/mol. The van der Waals surface area contributed by atoms with E-state index in [1.54, 1.807) is 19.2 Å². The Morgan fingerprint density at radius 3 is 2.45 bits per heavy atom. The van der Waals surface area contributed by atoms with Crippen LogP contribution < -0.4 is 14.8 Å². The summed E-state index contributed by atoms with van der Waals surface area (Å²) in [7, 11) is 1.62. The number of benzene rings is 1. The van der Waals surface area contributed by atoms with Crippen LogP contribution >= 0.6 is 0 Å². The molecular weight excluding hydrogens is 282 g/mol. The van der Waals surface area contributed by atoms with Gasteiger partial charge in [0.1, 0.15) is 23.9 Å². The third kappa shape index (κ3) is 4.55. The van der Waals surface area contributed by atoms with Crippen LogP contribution in [0.25, 0.3) is 0 Å². The topological polar surface area (TPSA) is 60.7 Å². The van der Waals surface area contributed by atoms with E-state index < -0.39 is 0 Å². The molecular formula is C17H21NO4. The van der Waals surface area contributed by atoms with Crippen molar-refractivity contribution in [1.82, 2.24) is 5.32 Å². The molecule has 2 aromatic rings. The molecule has 22 heavy (non-hydrogen) atoms. The molecule has 1 aromatic heterocycles. The van der Waals surface area contributed by atoms with Gasteiger partial charge in [0.05, 0.1) is 7.11 Å². The second-order valence-corrected chi connectivity index (χ2v) is 5.33. The quantitative estimate of drug-likeness (QED) is 0.853. The van der Waals surface area contributed by atoms with Crippen LogP contribution in [0, 0.1) is 5.92 Å². The van der Waals surface area contributed by atoms with Crippen LogP contribution in [-0.2, 0) is 6.61 Å². The number of hydrogen-bond acceptors (Lipinski definition) is 4. The van der Waals surface area contributed by atoms with Gasteiger partial charge in [-0.05, 0) is 42.3 Å². The highest BCUT2D eigenvalue weighted by molar-refractivity contribution is 5.91. The van der Waals surface area contributed by atoms with E-state index >= 15 is 0 Å². The van der Waals surface area contributed by atoms with Gasteiger partial charge in [-0.2, -0.15) is 0 Å². The second-order valence-electron chi connectivity index (χ2n) is 5.33. The second kappa shape index (κ2) is 7.54. The Morgan fingerprint density at radius 1 is 1.14 bits per heavy atom. The number of methoxy groups -OCH3 is 1. The van der Waals surface area contributed by atoms with Crippen LogP contribution in [0.5, 0.6) is 11.5 Å². The lowest BCUT2D eigenvalue weighted by atomic mass is 10.2. The Balaban J connectivity index is 1.87. The SMILES string of the molecule is COc1ccc(OCc2ccc(C(=O)NCC(C)C)o2)cc1. The van der Waals surface area contributed by atoms with Crippen LogP contribution in [0.15, 0.2) is 40.8 Å². The van der Waals surface area contributed by atoms with Gasteiger partial charge in [0.25, 0.3) is 5.91 Å². The van der Waals surface area contributed by atoms with Crippen molar-refractivity contribution in [3.8, 4) is 11.5 Å². The highest BCUT2D eigenvalue weighted by Crippen LogP contribution is 2.18. The normalized spacial score (nSPS) is 10.5. The van der Waals surface area contributed by atoms with Gasteiger partial charge in [0.15, 0.2) is 5.76 Å². The van der Waals surface area contributed by atoms with E-state index in [1.807, 2.05) is 38.1 Å². The zero-order valence-corrected chi connectivity index (χ0v) is 13.1. The lowest BCUT2D eigenvalue weighted by Crippen LogP contribution is -2.26.